The summed E-state index contributed by atoms with van der Waals surface area (Å²) in [4.78, 5) is 0. The van der Waals surface area contributed by atoms with Gasteiger partial charge in [0.25, 0.3) is 0 Å². The molecule has 5 rings (SSSR count). The SMILES string of the molecule is COc1cccc(OC)c1-n1c(NS)nnc1-c1ccco1.Clc1ccc(C2CC2)cc1. The maximum Gasteiger partial charge on any atom is 0.239 e. The highest BCUT2D eigenvalue weighted by Gasteiger charge is 2.23. The van der Waals surface area contributed by atoms with Crippen molar-refractivity contribution in [3.8, 4) is 28.8 Å². The van der Waals surface area contributed by atoms with Crippen molar-refractivity contribution in [3.63, 3.8) is 0 Å². The van der Waals surface area contributed by atoms with E-state index in [4.69, 9.17) is 25.5 Å². The number of para-hydroxylation sites is 1. The van der Waals surface area contributed by atoms with Crippen LogP contribution in [0.2, 0.25) is 5.02 Å². The summed E-state index contributed by atoms with van der Waals surface area (Å²) in [5, 5.41) is 9.06. The standard InChI is InChI=1S/C14H14N4O3S.C9H9Cl/c1-19-9-5-3-6-10(20-2)12(9)18-13(11-7-4-8-21-11)15-16-14(18)17-22;10-9-5-3-8(4-6-9)7-1-2-7/h3-8,22H,1-2H3,(H,16,17);3-7H,1-2H2. The molecule has 7 nitrogen and oxygen atoms in total. The van der Waals surface area contributed by atoms with Crippen LogP contribution in [0.5, 0.6) is 11.5 Å². The number of furan rings is 1. The van der Waals surface area contributed by atoms with Gasteiger partial charge < -0.3 is 18.6 Å². The first-order valence-electron chi connectivity index (χ1n) is 10.0. The highest BCUT2D eigenvalue weighted by molar-refractivity contribution is 7.81. The number of halogens is 1. The van der Waals surface area contributed by atoms with Gasteiger partial charge >= 0.3 is 0 Å². The fourth-order valence-corrected chi connectivity index (χ4v) is 3.61. The molecular formula is C23H23ClN4O3S. The second-order valence-corrected chi connectivity index (χ2v) is 7.77. The second-order valence-electron chi connectivity index (χ2n) is 7.11. The summed E-state index contributed by atoms with van der Waals surface area (Å²) in [5.41, 5.74) is 2.10. The molecule has 32 heavy (non-hydrogen) atoms. The average molecular weight is 471 g/mol. The van der Waals surface area contributed by atoms with Gasteiger partial charge in [-0.15, -0.1) is 10.2 Å². The van der Waals surface area contributed by atoms with Gasteiger partial charge in [-0.1, -0.05) is 42.6 Å². The van der Waals surface area contributed by atoms with Crippen LogP contribution in [-0.4, -0.2) is 29.0 Å². The third-order valence-corrected chi connectivity index (χ3v) is 5.50. The normalized spacial score (nSPS) is 12.6. The Hall–Kier alpha value is -3.10. The van der Waals surface area contributed by atoms with Gasteiger partial charge in [0.1, 0.15) is 17.2 Å². The average Bonchev–Trinajstić information content (AvgIpc) is 3.36. The first kappa shape index (κ1) is 22.1. The third kappa shape index (κ3) is 4.71. The zero-order valence-corrected chi connectivity index (χ0v) is 19.3. The van der Waals surface area contributed by atoms with Crippen LogP contribution < -0.4 is 14.2 Å². The number of hydrogen-bond acceptors (Lipinski definition) is 7. The third-order valence-electron chi connectivity index (χ3n) is 5.05. The number of aromatic nitrogens is 3. The molecule has 2 aromatic carbocycles. The summed E-state index contributed by atoms with van der Waals surface area (Å²) >= 11 is 9.82. The lowest BCUT2D eigenvalue weighted by molar-refractivity contribution is 0.391. The molecule has 2 aromatic heterocycles. The van der Waals surface area contributed by atoms with Crippen molar-refractivity contribution < 1.29 is 13.9 Å². The van der Waals surface area contributed by atoms with Crippen molar-refractivity contribution in [2.24, 2.45) is 0 Å². The molecule has 0 spiro atoms. The van der Waals surface area contributed by atoms with E-state index in [9.17, 15) is 0 Å². The van der Waals surface area contributed by atoms with Crippen molar-refractivity contribution in [2.75, 3.05) is 18.9 Å². The fourth-order valence-electron chi connectivity index (χ4n) is 3.34. The molecule has 4 aromatic rings. The van der Waals surface area contributed by atoms with E-state index in [1.807, 2.05) is 30.3 Å². The quantitative estimate of drug-likeness (QED) is 0.336. The first-order valence-corrected chi connectivity index (χ1v) is 10.8. The molecule has 0 radical (unpaired) electrons. The number of nitrogens with one attached hydrogen (secondary N) is 1. The van der Waals surface area contributed by atoms with Crippen LogP contribution in [0, 0.1) is 0 Å². The Morgan fingerprint density at radius 3 is 2.22 bits per heavy atom. The lowest BCUT2D eigenvalue weighted by Gasteiger charge is -2.16. The Kier molecular flexibility index (Phi) is 6.92. The fraction of sp³-hybridized carbons (Fsp3) is 0.217. The molecule has 1 fully saturated rings. The summed E-state index contributed by atoms with van der Waals surface area (Å²) < 4.78 is 20.8. The maximum atomic E-state index is 5.74. The number of hydrogen-bond donors (Lipinski definition) is 2. The molecule has 1 aliphatic rings. The lowest BCUT2D eigenvalue weighted by Crippen LogP contribution is -2.05. The van der Waals surface area contributed by atoms with Gasteiger partial charge in [-0.2, -0.15) is 0 Å². The number of thiol groups is 1. The smallest absolute Gasteiger partial charge is 0.239 e. The van der Waals surface area contributed by atoms with Gasteiger partial charge in [0, 0.05) is 5.02 Å². The Morgan fingerprint density at radius 2 is 1.69 bits per heavy atom. The van der Waals surface area contributed by atoms with E-state index in [1.54, 1.807) is 37.2 Å². The van der Waals surface area contributed by atoms with E-state index in [0.717, 1.165) is 10.9 Å². The van der Waals surface area contributed by atoms with E-state index >= 15 is 0 Å². The largest absolute Gasteiger partial charge is 0.494 e. The van der Waals surface area contributed by atoms with E-state index in [-0.39, 0.29) is 0 Å². The number of anilines is 1. The molecule has 0 aliphatic heterocycles. The number of methoxy groups -OCH3 is 2. The minimum Gasteiger partial charge on any atom is -0.494 e. The van der Waals surface area contributed by atoms with Crippen molar-refractivity contribution in [3.05, 3.63) is 71.4 Å². The van der Waals surface area contributed by atoms with Gasteiger partial charge in [0.2, 0.25) is 11.8 Å². The Balaban J connectivity index is 0.000000203. The predicted molar refractivity (Wildman–Crippen MR) is 128 cm³/mol. The Morgan fingerprint density at radius 1 is 1.00 bits per heavy atom. The van der Waals surface area contributed by atoms with Crippen molar-refractivity contribution in [2.45, 2.75) is 18.8 Å². The molecule has 1 N–H and O–H groups in total. The summed E-state index contributed by atoms with van der Waals surface area (Å²) in [6.07, 6.45) is 4.30. The summed E-state index contributed by atoms with van der Waals surface area (Å²) in [6.45, 7) is 0. The van der Waals surface area contributed by atoms with Gasteiger partial charge in [0.15, 0.2) is 5.76 Å². The Bertz CT molecular complexity index is 1140. The van der Waals surface area contributed by atoms with E-state index < -0.39 is 0 Å². The van der Waals surface area contributed by atoms with E-state index in [0.29, 0.717) is 34.7 Å². The van der Waals surface area contributed by atoms with Crippen molar-refractivity contribution >= 4 is 30.4 Å². The highest BCUT2D eigenvalue weighted by Crippen LogP contribution is 2.40. The van der Waals surface area contributed by atoms with Gasteiger partial charge in [-0.25, -0.2) is 0 Å². The van der Waals surface area contributed by atoms with Gasteiger partial charge in [0.05, 0.1) is 20.5 Å². The maximum absolute atomic E-state index is 5.74. The topological polar surface area (TPSA) is 74.3 Å². The summed E-state index contributed by atoms with van der Waals surface area (Å²) in [6, 6.07) is 17.3. The second kappa shape index (κ2) is 10.0. The molecule has 1 saturated carbocycles. The molecule has 0 saturated heterocycles. The molecule has 0 bridgehead atoms. The first-order chi connectivity index (χ1) is 15.7. The van der Waals surface area contributed by atoms with Crippen LogP contribution in [0.3, 0.4) is 0 Å². The van der Waals surface area contributed by atoms with Crippen molar-refractivity contribution in [1.82, 2.24) is 14.8 Å². The monoisotopic (exact) mass is 470 g/mol. The van der Waals surface area contributed by atoms with Crippen molar-refractivity contribution in [1.29, 1.82) is 0 Å². The van der Waals surface area contributed by atoms with Crippen LogP contribution in [0.15, 0.2) is 65.3 Å². The van der Waals surface area contributed by atoms with Crippen LogP contribution in [0.25, 0.3) is 17.3 Å². The van der Waals surface area contributed by atoms with Crippen LogP contribution in [0.4, 0.5) is 5.95 Å². The molecule has 0 atom stereocenters. The van der Waals surface area contributed by atoms with Crippen LogP contribution in [-0.2, 0) is 0 Å². The van der Waals surface area contributed by atoms with Gasteiger partial charge in [-0.3, -0.25) is 4.57 Å². The summed E-state index contributed by atoms with van der Waals surface area (Å²) in [5.74, 6) is 3.54. The Labute approximate surface area is 196 Å². The van der Waals surface area contributed by atoms with Gasteiger partial charge in [-0.05, 0) is 60.7 Å². The summed E-state index contributed by atoms with van der Waals surface area (Å²) in [7, 11) is 3.17. The van der Waals surface area contributed by atoms with Crippen LogP contribution >= 0.6 is 24.4 Å². The lowest BCUT2D eigenvalue weighted by atomic mass is 10.1. The highest BCUT2D eigenvalue weighted by atomic mass is 35.5. The molecule has 0 unspecified atom stereocenters. The molecular weight excluding hydrogens is 448 g/mol. The minimum atomic E-state index is 0.414. The van der Waals surface area contributed by atoms with E-state index in [1.165, 1.54) is 18.4 Å². The predicted octanol–water partition coefficient (Wildman–Crippen LogP) is 6.02. The van der Waals surface area contributed by atoms with E-state index in [2.05, 4.69) is 39.9 Å². The number of rotatable bonds is 6. The zero-order valence-electron chi connectivity index (χ0n) is 17.7. The molecule has 166 valence electrons. The molecule has 1 aliphatic carbocycles. The number of benzene rings is 2. The number of nitrogens with zero attached hydrogens (tertiary/aromatic N) is 3. The number of ether oxygens (including phenoxy) is 2. The zero-order chi connectivity index (χ0) is 22.5. The molecule has 0 amide bonds. The molecule has 9 heteroatoms. The molecule has 2 heterocycles. The minimum absolute atomic E-state index is 0.414. The van der Waals surface area contributed by atoms with Crippen LogP contribution in [0.1, 0.15) is 24.3 Å².